The Hall–Kier alpha value is -4.96. The normalized spacial score (nSPS) is 19.6. The van der Waals surface area contributed by atoms with Gasteiger partial charge in [0.1, 0.15) is 22.9 Å². The van der Waals surface area contributed by atoms with E-state index in [-0.39, 0.29) is 48.9 Å². The Bertz CT molecular complexity index is 2120. The van der Waals surface area contributed by atoms with Crippen LogP contribution < -0.4 is 26.6 Å². The maximum absolute atomic E-state index is 13.2. The highest BCUT2D eigenvalue weighted by Gasteiger charge is 2.45. The number of carbonyl (C=O) groups is 5. The van der Waals surface area contributed by atoms with E-state index >= 15 is 0 Å². The van der Waals surface area contributed by atoms with E-state index in [2.05, 4.69) is 16.0 Å². The standard InChI is InChI=1S/C42H51ClN8O6S/c1-23-24(2)58-42-35(23)37(26-13-15-28(43)16-14-26)48-30(38(45)50(42)25(3)44)22-34(54)47-20-9-7-5-4-6-8-19-46-33(53)21-27-11-10-12-29-36(27)41(57)51(40(29)56)31-17-18-32(52)49-39(31)55/h10-16,25,30-31,41,45,57H,4-9,17-22,44H2,1-3H3,(H,46,53)(H,47,54)(H,49,52,55)/t25?,30-,31?,41?/m0/s1. The third-order valence-corrected chi connectivity index (χ3v) is 12.4. The van der Waals surface area contributed by atoms with Crippen molar-refractivity contribution >= 4 is 69.0 Å². The molecule has 58 heavy (non-hydrogen) atoms. The lowest BCUT2D eigenvalue weighted by atomic mass is 9.99. The number of hydrogen-bond donors (Lipinski definition) is 6. The second kappa shape index (κ2) is 18.7. The third kappa shape index (κ3) is 9.33. The number of thiophene rings is 1. The number of imide groups is 1. The monoisotopic (exact) mass is 830 g/mol. The fourth-order valence-corrected chi connectivity index (χ4v) is 9.17. The van der Waals surface area contributed by atoms with Crippen molar-refractivity contribution in [3.8, 4) is 0 Å². The smallest absolute Gasteiger partial charge is 0.257 e. The van der Waals surface area contributed by atoms with Gasteiger partial charge in [-0.2, -0.15) is 0 Å². The molecule has 7 N–H and O–H groups in total. The highest BCUT2D eigenvalue weighted by Crippen LogP contribution is 2.41. The molecule has 1 fully saturated rings. The Labute approximate surface area is 347 Å². The molecular formula is C42H51ClN8O6S. The van der Waals surface area contributed by atoms with E-state index in [9.17, 15) is 29.1 Å². The number of halogens is 1. The van der Waals surface area contributed by atoms with E-state index in [1.54, 1.807) is 34.4 Å². The van der Waals surface area contributed by atoms with Crippen LogP contribution in [-0.4, -0.2) is 82.4 Å². The predicted molar refractivity (Wildman–Crippen MR) is 224 cm³/mol. The average Bonchev–Trinajstić information content (AvgIpc) is 3.56. The number of piperidine rings is 1. The Morgan fingerprint density at radius 3 is 2.33 bits per heavy atom. The van der Waals surface area contributed by atoms with Crippen LogP contribution >= 0.6 is 22.9 Å². The zero-order valence-electron chi connectivity index (χ0n) is 33.0. The molecule has 308 valence electrons. The molecule has 3 aliphatic heterocycles. The largest absolute Gasteiger partial charge is 0.369 e. The maximum Gasteiger partial charge on any atom is 0.257 e. The van der Waals surface area contributed by atoms with Crippen LogP contribution in [0, 0.1) is 19.3 Å². The minimum atomic E-state index is -1.39. The van der Waals surface area contributed by atoms with Crippen LogP contribution in [-0.2, 0) is 25.6 Å². The molecule has 3 aliphatic rings. The molecule has 0 saturated carbocycles. The summed E-state index contributed by atoms with van der Waals surface area (Å²) in [6, 6.07) is 10.7. The topological polar surface area (TPSA) is 210 Å². The fourth-order valence-electron chi connectivity index (χ4n) is 7.79. The summed E-state index contributed by atoms with van der Waals surface area (Å²) in [7, 11) is 0. The number of aliphatic hydroxyl groups is 1. The van der Waals surface area contributed by atoms with Crippen LogP contribution in [0.2, 0.25) is 5.02 Å². The molecule has 0 spiro atoms. The van der Waals surface area contributed by atoms with Gasteiger partial charge in [0.15, 0.2) is 6.23 Å². The first-order valence-electron chi connectivity index (χ1n) is 19.8. The molecule has 5 amide bonds. The SMILES string of the molecule is Cc1sc2c(c1C)C(c1ccc(Cl)cc1)=N[C@@H](CC(=O)NCCCCCCCCNC(=O)Cc1cccc3c1C(O)N(C1CCC(=O)NC1=O)C3=O)C(=N)N2C(C)N. The Morgan fingerprint density at radius 2 is 1.67 bits per heavy atom. The van der Waals surface area contributed by atoms with Crippen LogP contribution in [0.5, 0.6) is 0 Å². The number of benzene rings is 2. The molecule has 6 rings (SSSR count). The van der Waals surface area contributed by atoms with Gasteiger partial charge in [-0.3, -0.25) is 44.6 Å². The minimum Gasteiger partial charge on any atom is -0.369 e. The van der Waals surface area contributed by atoms with Crippen LogP contribution in [0.4, 0.5) is 5.00 Å². The number of nitrogens with two attached hydrogens (primary N) is 1. The van der Waals surface area contributed by atoms with Crippen molar-refractivity contribution in [3.63, 3.8) is 0 Å². The zero-order valence-corrected chi connectivity index (χ0v) is 34.6. The van der Waals surface area contributed by atoms with Crippen LogP contribution in [0.1, 0.15) is 114 Å². The summed E-state index contributed by atoms with van der Waals surface area (Å²) >= 11 is 7.77. The summed E-state index contributed by atoms with van der Waals surface area (Å²) in [5, 5.41) is 29.9. The van der Waals surface area contributed by atoms with Crippen LogP contribution in [0.15, 0.2) is 47.5 Å². The van der Waals surface area contributed by atoms with Crippen molar-refractivity contribution in [3.05, 3.63) is 85.7 Å². The first kappa shape index (κ1) is 42.6. The quantitative estimate of drug-likeness (QED) is 0.0872. The molecule has 3 aromatic rings. The number of fused-ring (bicyclic) bond motifs is 2. The highest BCUT2D eigenvalue weighted by atomic mass is 35.5. The molecule has 1 aromatic heterocycles. The van der Waals surface area contributed by atoms with Gasteiger partial charge in [-0.25, -0.2) is 0 Å². The van der Waals surface area contributed by atoms with Crippen molar-refractivity contribution in [1.82, 2.24) is 20.9 Å². The molecular weight excluding hydrogens is 780 g/mol. The number of amidine groups is 1. The Morgan fingerprint density at radius 1 is 1.02 bits per heavy atom. The highest BCUT2D eigenvalue weighted by molar-refractivity contribution is 7.17. The first-order valence-corrected chi connectivity index (χ1v) is 21.0. The van der Waals surface area contributed by atoms with Gasteiger partial charge in [0.2, 0.25) is 23.6 Å². The van der Waals surface area contributed by atoms with E-state index in [1.807, 2.05) is 45.0 Å². The van der Waals surface area contributed by atoms with Crippen molar-refractivity contribution in [2.75, 3.05) is 18.0 Å². The number of amides is 5. The van der Waals surface area contributed by atoms with Gasteiger partial charge in [0, 0.05) is 51.7 Å². The van der Waals surface area contributed by atoms with Crippen molar-refractivity contribution in [2.24, 2.45) is 10.7 Å². The van der Waals surface area contributed by atoms with E-state index in [0.717, 1.165) is 75.7 Å². The number of aliphatic hydroxyl groups excluding tert-OH is 1. The minimum absolute atomic E-state index is 0.0179. The summed E-state index contributed by atoms with van der Waals surface area (Å²) in [4.78, 5) is 72.3. The summed E-state index contributed by atoms with van der Waals surface area (Å²) in [6.07, 6.45) is 3.68. The van der Waals surface area contributed by atoms with Gasteiger partial charge in [0.25, 0.3) is 5.91 Å². The summed E-state index contributed by atoms with van der Waals surface area (Å²) in [5.74, 6) is -1.77. The lowest BCUT2D eigenvalue weighted by Gasteiger charge is -2.32. The van der Waals surface area contributed by atoms with Crippen molar-refractivity contribution in [2.45, 2.75) is 109 Å². The molecule has 4 heterocycles. The third-order valence-electron chi connectivity index (χ3n) is 10.9. The second-order valence-corrected chi connectivity index (χ2v) is 16.7. The number of aryl methyl sites for hydroxylation is 1. The lowest BCUT2D eigenvalue weighted by Crippen LogP contribution is -2.53. The number of hydrogen-bond acceptors (Lipinski definition) is 10. The van der Waals surface area contributed by atoms with Gasteiger partial charge in [-0.1, -0.05) is 61.5 Å². The molecule has 1 saturated heterocycles. The predicted octanol–water partition coefficient (Wildman–Crippen LogP) is 4.78. The van der Waals surface area contributed by atoms with E-state index in [4.69, 9.17) is 27.7 Å². The molecule has 2 aromatic carbocycles. The van der Waals surface area contributed by atoms with E-state index in [0.29, 0.717) is 29.2 Å². The summed E-state index contributed by atoms with van der Waals surface area (Å²) in [5.41, 5.74) is 11.1. The van der Waals surface area contributed by atoms with Gasteiger partial charge < -0.3 is 26.4 Å². The second-order valence-electron chi connectivity index (χ2n) is 15.1. The van der Waals surface area contributed by atoms with Gasteiger partial charge in [-0.05, 0) is 69.4 Å². The number of carbonyl (C=O) groups excluding carboxylic acids is 5. The number of unbranched alkanes of at least 4 members (excludes halogenated alkanes) is 5. The molecule has 3 unspecified atom stereocenters. The Balaban J connectivity index is 0.912. The summed E-state index contributed by atoms with van der Waals surface area (Å²) < 4.78 is 0. The lowest BCUT2D eigenvalue weighted by molar-refractivity contribution is -0.139. The van der Waals surface area contributed by atoms with Crippen molar-refractivity contribution in [1.29, 1.82) is 5.41 Å². The number of anilines is 1. The van der Waals surface area contributed by atoms with Crippen molar-refractivity contribution < 1.29 is 29.1 Å². The number of nitrogens with one attached hydrogen (secondary N) is 4. The fraction of sp³-hybridized carbons (Fsp3) is 0.452. The van der Waals surface area contributed by atoms with Crippen LogP contribution in [0.3, 0.4) is 0 Å². The molecule has 14 nitrogen and oxygen atoms in total. The van der Waals surface area contributed by atoms with E-state index in [1.165, 1.54) is 0 Å². The van der Waals surface area contributed by atoms with Gasteiger partial charge in [-0.15, -0.1) is 11.3 Å². The average molecular weight is 831 g/mol. The zero-order chi connectivity index (χ0) is 41.7. The Kier molecular flexibility index (Phi) is 13.8. The molecule has 0 aliphatic carbocycles. The van der Waals surface area contributed by atoms with Crippen LogP contribution in [0.25, 0.3) is 0 Å². The number of rotatable bonds is 16. The summed E-state index contributed by atoms with van der Waals surface area (Å²) in [6.45, 7) is 6.92. The molecule has 16 heteroatoms. The molecule has 0 radical (unpaired) electrons. The van der Waals surface area contributed by atoms with E-state index < -0.39 is 42.2 Å². The molecule has 4 atom stereocenters. The number of aliphatic imine (C=N–C) groups is 1. The molecule has 0 bridgehead atoms. The number of nitrogens with zero attached hydrogens (tertiary/aromatic N) is 3. The van der Waals surface area contributed by atoms with Gasteiger partial charge >= 0.3 is 0 Å². The maximum atomic E-state index is 13.2. The first-order chi connectivity index (χ1) is 27.8. The van der Waals surface area contributed by atoms with Gasteiger partial charge in [0.05, 0.1) is 24.7 Å².